The van der Waals surface area contributed by atoms with Gasteiger partial charge in [-0.2, -0.15) is 13.2 Å². The lowest BCUT2D eigenvalue weighted by molar-refractivity contribution is -0.156. The molecule has 1 fully saturated rings. The van der Waals surface area contributed by atoms with Gasteiger partial charge < -0.3 is 14.2 Å². The third-order valence-electron chi connectivity index (χ3n) is 5.18. The van der Waals surface area contributed by atoms with Crippen LogP contribution in [0.2, 0.25) is 0 Å². The normalized spacial score (nSPS) is 14.9. The Morgan fingerprint density at radius 2 is 1.58 bits per heavy atom. The molecule has 174 valence electrons. The summed E-state index contributed by atoms with van der Waals surface area (Å²) in [5, 5.41) is 6.50. The van der Waals surface area contributed by atoms with E-state index in [2.05, 4.69) is 10.2 Å². The number of alkyl halides is 3. The highest BCUT2D eigenvalue weighted by atomic mass is 32.2. The topological polar surface area (TPSA) is 79.5 Å². The molecule has 0 aliphatic carbocycles. The minimum Gasteiger partial charge on any atom is -0.413 e. The molecule has 0 bridgehead atoms. The van der Waals surface area contributed by atoms with Gasteiger partial charge >= 0.3 is 18.1 Å². The molecule has 1 aliphatic heterocycles. The van der Waals surface area contributed by atoms with Gasteiger partial charge in [-0.05, 0) is 23.3 Å². The number of amides is 2. The van der Waals surface area contributed by atoms with Gasteiger partial charge in [-0.1, -0.05) is 42.5 Å². The number of urea groups is 1. The van der Waals surface area contributed by atoms with Crippen LogP contribution in [-0.2, 0) is 30.1 Å². The van der Waals surface area contributed by atoms with Crippen molar-refractivity contribution in [2.24, 2.45) is 0 Å². The van der Waals surface area contributed by atoms with Crippen LogP contribution in [0.4, 0.5) is 18.0 Å². The second-order valence-electron chi connectivity index (χ2n) is 7.57. The van der Waals surface area contributed by atoms with E-state index in [4.69, 9.17) is 4.42 Å². The summed E-state index contributed by atoms with van der Waals surface area (Å²) in [4.78, 5) is 16.6. The number of hydrogen-bond acceptors (Lipinski definition) is 5. The van der Waals surface area contributed by atoms with Gasteiger partial charge in [0.25, 0.3) is 0 Å². The number of carbonyl (C=O) groups is 1. The van der Waals surface area contributed by atoms with Gasteiger partial charge in [0.15, 0.2) is 0 Å². The van der Waals surface area contributed by atoms with E-state index in [1.165, 1.54) is 0 Å². The Labute approximate surface area is 190 Å². The van der Waals surface area contributed by atoms with Crippen molar-refractivity contribution >= 4 is 16.8 Å². The summed E-state index contributed by atoms with van der Waals surface area (Å²) in [6, 6.07) is 16.0. The lowest BCUT2D eigenvalue weighted by Gasteiger charge is -2.33. The average Bonchev–Trinajstić information content (AvgIpc) is 3.31. The minimum absolute atomic E-state index is 0.147. The zero-order valence-electron chi connectivity index (χ0n) is 17.5. The first-order chi connectivity index (χ1) is 15.8. The SMILES string of the molecule is O=C(N1CCS(=O)CC1)N(Cc1ccccc1)Cc1ccc(-c2nnc(C(F)(F)F)o2)cc1. The smallest absolute Gasteiger partial charge is 0.413 e. The Balaban J connectivity index is 1.51. The first kappa shape index (κ1) is 23.0. The van der Waals surface area contributed by atoms with E-state index in [9.17, 15) is 22.2 Å². The molecule has 4 rings (SSSR count). The second kappa shape index (κ2) is 9.74. The zero-order valence-corrected chi connectivity index (χ0v) is 18.3. The van der Waals surface area contributed by atoms with E-state index in [-0.39, 0.29) is 11.9 Å². The van der Waals surface area contributed by atoms with Crippen LogP contribution < -0.4 is 0 Å². The van der Waals surface area contributed by atoms with Crippen molar-refractivity contribution in [1.82, 2.24) is 20.0 Å². The third kappa shape index (κ3) is 5.78. The van der Waals surface area contributed by atoms with Crippen molar-refractivity contribution in [3.8, 4) is 11.5 Å². The summed E-state index contributed by atoms with van der Waals surface area (Å²) in [6.07, 6.45) is -4.70. The van der Waals surface area contributed by atoms with Crippen LogP contribution in [0.25, 0.3) is 11.5 Å². The molecule has 3 aromatic rings. The quantitative estimate of drug-likeness (QED) is 0.555. The van der Waals surface area contributed by atoms with Gasteiger partial charge in [0.05, 0.1) is 0 Å². The molecule has 7 nitrogen and oxygen atoms in total. The van der Waals surface area contributed by atoms with Gasteiger partial charge in [0, 0.05) is 54.0 Å². The van der Waals surface area contributed by atoms with Gasteiger partial charge in [0.2, 0.25) is 5.89 Å². The first-order valence-corrected chi connectivity index (χ1v) is 11.7. The predicted molar refractivity (Wildman–Crippen MR) is 115 cm³/mol. The van der Waals surface area contributed by atoms with Crippen LogP contribution in [0.1, 0.15) is 17.0 Å². The van der Waals surface area contributed by atoms with Crippen LogP contribution in [0.5, 0.6) is 0 Å². The summed E-state index contributed by atoms with van der Waals surface area (Å²) >= 11 is 0. The van der Waals surface area contributed by atoms with E-state index in [0.717, 1.165) is 11.1 Å². The molecule has 2 heterocycles. The van der Waals surface area contributed by atoms with Crippen LogP contribution >= 0.6 is 0 Å². The van der Waals surface area contributed by atoms with Crippen LogP contribution in [0.3, 0.4) is 0 Å². The Hall–Kier alpha value is -3.21. The number of aromatic nitrogens is 2. The largest absolute Gasteiger partial charge is 0.470 e. The van der Waals surface area contributed by atoms with Crippen molar-refractivity contribution in [3.05, 3.63) is 71.6 Å². The standard InChI is InChI=1S/C22H21F3N4O3S/c23-22(24,25)20-27-26-19(32-20)18-8-6-17(7-9-18)15-29(14-16-4-2-1-3-5-16)21(30)28-10-12-33(31)13-11-28/h1-9H,10-15H2. The molecule has 0 spiro atoms. The number of hydrogen-bond donors (Lipinski definition) is 0. The number of rotatable bonds is 5. The predicted octanol–water partition coefficient (Wildman–Crippen LogP) is 3.94. The van der Waals surface area contributed by atoms with Gasteiger partial charge in [-0.3, -0.25) is 4.21 Å². The number of benzene rings is 2. The lowest BCUT2D eigenvalue weighted by atomic mass is 10.1. The molecule has 0 unspecified atom stereocenters. The summed E-state index contributed by atoms with van der Waals surface area (Å²) < 4.78 is 54.5. The minimum atomic E-state index is -4.70. The lowest BCUT2D eigenvalue weighted by Crippen LogP contribution is -2.48. The second-order valence-corrected chi connectivity index (χ2v) is 9.26. The maximum atomic E-state index is 13.2. The number of carbonyl (C=O) groups excluding carboxylic acids is 1. The van der Waals surface area contributed by atoms with Crippen molar-refractivity contribution < 1.29 is 26.6 Å². The highest BCUT2D eigenvalue weighted by molar-refractivity contribution is 7.85. The van der Waals surface area contributed by atoms with E-state index >= 15 is 0 Å². The summed E-state index contributed by atoms with van der Waals surface area (Å²) in [5.74, 6) is -0.705. The van der Waals surface area contributed by atoms with Crippen LogP contribution in [0.15, 0.2) is 59.0 Å². The Kier molecular flexibility index (Phi) is 6.77. The Morgan fingerprint density at radius 3 is 2.15 bits per heavy atom. The molecule has 0 saturated carbocycles. The average molecular weight is 478 g/mol. The molecule has 2 aromatic carbocycles. The third-order valence-corrected chi connectivity index (χ3v) is 6.45. The van der Waals surface area contributed by atoms with Crippen molar-refractivity contribution in [3.63, 3.8) is 0 Å². The van der Waals surface area contributed by atoms with Crippen molar-refractivity contribution in [2.75, 3.05) is 24.6 Å². The van der Waals surface area contributed by atoms with E-state index < -0.39 is 22.9 Å². The molecule has 2 amide bonds. The van der Waals surface area contributed by atoms with E-state index in [0.29, 0.717) is 43.2 Å². The van der Waals surface area contributed by atoms with Gasteiger partial charge in [0.1, 0.15) is 0 Å². The summed E-state index contributed by atoms with van der Waals surface area (Å²) in [7, 11) is -0.894. The Morgan fingerprint density at radius 1 is 0.970 bits per heavy atom. The summed E-state index contributed by atoms with van der Waals surface area (Å²) in [6.45, 7) is 1.56. The monoisotopic (exact) mass is 478 g/mol. The molecule has 1 aliphatic rings. The fourth-order valence-electron chi connectivity index (χ4n) is 3.45. The molecule has 0 radical (unpaired) electrons. The van der Waals surface area contributed by atoms with E-state index in [1.807, 2.05) is 30.3 Å². The fourth-order valence-corrected chi connectivity index (χ4v) is 4.50. The molecular weight excluding hydrogens is 457 g/mol. The molecule has 1 aromatic heterocycles. The number of nitrogens with zero attached hydrogens (tertiary/aromatic N) is 4. The zero-order chi connectivity index (χ0) is 23.4. The molecule has 33 heavy (non-hydrogen) atoms. The number of halogens is 3. The maximum absolute atomic E-state index is 13.2. The van der Waals surface area contributed by atoms with E-state index in [1.54, 1.807) is 34.1 Å². The van der Waals surface area contributed by atoms with Gasteiger partial charge in [-0.25, -0.2) is 4.79 Å². The molecule has 0 N–H and O–H groups in total. The molecule has 11 heteroatoms. The van der Waals surface area contributed by atoms with Crippen molar-refractivity contribution in [1.29, 1.82) is 0 Å². The molecular formula is C22H21F3N4O3S. The van der Waals surface area contributed by atoms with Crippen LogP contribution in [0, 0.1) is 0 Å². The van der Waals surface area contributed by atoms with Crippen molar-refractivity contribution in [2.45, 2.75) is 19.3 Å². The highest BCUT2D eigenvalue weighted by Gasteiger charge is 2.38. The fraction of sp³-hybridized carbons (Fsp3) is 0.318. The molecule has 0 atom stereocenters. The van der Waals surface area contributed by atoms with Gasteiger partial charge in [-0.15, -0.1) is 10.2 Å². The molecule has 1 saturated heterocycles. The highest BCUT2D eigenvalue weighted by Crippen LogP contribution is 2.30. The summed E-state index contributed by atoms with van der Waals surface area (Å²) in [5.41, 5.74) is 2.11. The van der Waals surface area contributed by atoms with Crippen LogP contribution in [-0.4, -0.2) is 54.8 Å². The maximum Gasteiger partial charge on any atom is 0.470 e. The Bertz CT molecular complexity index is 1110. The first-order valence-electron chi connectivity index (χ1n) is 10.2.